The summed E-state index contributed by atoms with van der Waals surface area (Å²) in [6, 6.07) is 9.94. The Hall–Kier alpha value is -1.95. The number of hydrogen-bond donors (Lipinski definition) is 1. The van der Waals surface area contributed by atoms with Gasteiger partial charge in [-0.2, -0.15) is 0 Å². The maximum atomic E-state index is 13.1. The Morgan fingerprint density at radius 1 is 1.00 bits per heavy atom. The number of fused-ring (bicyclic) bond motifs is 1. The van der Waals surface area contributed by atoms with Gasteiger partial charge in [0.15, 0.2) is 11.5 Å². The van der Waals surface area contributed by atoms with Gasteiger partial charge in [-0.05, 0) is 36.4 Å². The topological polar surface area (TPSA) is 44.5 Å². The van der Waals surface area contributed by atoms with Gasteiger partial charge in [-0.3, -0.25) is 0 Å². The standard InChI is InChI=1S/C15H13F2NO2S/c16-15(17)11-7-9(18)1-4-14(11)21-10-2-3-12-13(8-10)20-6-5-19-12/h1-4,7-8,15H,5-6,18H2. The molecular formula is C15H13F2NO2S. The Morgan fingerprint density at radius 3 is 2.52 bits per heavy atom. The zero-order chi connectivity index (χ0) is 14.8. The molecule has 6 heteroatoms. The minimum Gasteiger partial charge on any atom is -0.486 e. The predicted molar refractivity (Wildman–Crippen MR) is 77.4 cm³/mol. The van der Waals surface area contributed by atoms with E-state index in [-0.39, 0.29) is 5.56 Å². The third-order valence-corrected chi connectivity index (χ3v) is 4.09. The Labute approximate surface area is 125 Å². The van der Waals surface area contributed by atoms with Crippen LogP contribution in [0.5, 0.6) is 11.5 Å². The minimum absolute atomic E-state index is 0.0603. The summed E-state index contributed by atoms with van der Waals surface area (Å²) in [7, 11) is 0. The van der Waals surface area contributed by atoms with E-state index in [1.165, 1.54) is 17.8 Å². The summed E-state index contributed by atoms with van der Waals surface area (Å²) in [6.45, 7) is 1.01. The highest BCUT2D eigenvalue weighted by molar-refractivity contribution is 7.99. The second-order valence-corrected chi connectivity index (χ2v) is 5.62. The van der Waals surface area contributed by atoms with Gasteiger partial charge in [-0.1, -0.05) is 11.8 Å². The molecule has 0 aliphatic carbocycles. The molecule has 0 radical (unpaired) electrons. The van der Waals surface area contributed by atoms with Crippen LogP contribution in [0.4, 0.5) is 14.5 Å². The van der Waals surface area contributed by atoms with Crippen LogP contribution in [0.1, 0.15) is 12.0 Å². The zero-order valence-electron chi connectivity index (χ0n) is 11.0. The van der Waals surface area contributed by atoms with Gasteiger partial charge in [0.2, 0.25) is 0 Å². The fourth-order valence-electron chi connectivity index (χ4n) is 2.04. The van der Waals surface area contributed by atoms with Gasteiger partial charge in [0.1, 0.15) is 13.2 Å². The fraction of sp³-hybridized carbons (Fsp3) is 0.200. The van der Waals surface area contributed by atoms with E-state index in [4.69, 9.17) is 15.2 Å². The molecule has 0 unspecified atom stereocenters. The third kappa shape index (κ3) is 3.05. The van der Waals surface area contributed by atoms with E-state index in [2.05, 4.69) is 0 Å². The molecule has 0 saturated heterocycles. The van der Waals surface area contributed by atoms with E-state index >= 15 is 0 Å². The van der Waals surface area contributed by atoms with E-state index in [0.29, 0.717) is 35.3 Å². The van der Waals surface area contributed by atoms with Crippen LogP contribution in [0.25, 0.3) is 0 Å². The Kier molecular flexibility index (Phi) is 3.88. The number of alkyl halides is 2. The molecule has 0 spiro atoms. The normalized spacial score (nSPS) is 13.5. The molecule has 1 aliphatic heterocycles. The quantitative estimate of drug-likeness (QED) is 0.866. The highest BCUT2D eigenvalue weighted by Gasteiger charge is 2.16. The maximum Gasteiger partial charge on any atom is 0.265 e. The lowest BCUT2D eigenvalue weighted by Gasteiger charge is -2.19. The van der Waals surface area contributed by atoms with Crippen molar-refractivity contribution in [2.45, 2.75) is 16.2 Å². The van der Waals surface area contributed by atoms with Gasteiger partial charge in [0, 0.05) is 21.0 Å². The highest BCUT2D eigenvalue weighted by atomic mass is 32.2. The summed E-state index contributed by atoms with van der Waals surface area (Å²) in [5.74, 6) is 1.32. The lowest BCUT2D eigenvalue weighted by atomic mass is 10.2. The molecule has 0 amide bonds. The molecule has 110 valence electrons. The second-order valence-electron chi connectivity index (χ2n) is 4.51. The van der Waals surface area contributed by atoms with Crippen molar-refractivity contribution in [1.82, 2.24) is 0 Å². The molecule has 1 aliphatic rings. The Bertz CT molecular complexity index is 664. The van der Waals surface area contributed by atoms with E-state index in [9.17, 15) is 8.78 Å². The number of anilines is 1. The van der Waals surface area contributed by atoms with Crippen molar-refractivity contribution in [1.29, 1.82) is 0 Å². The van der Waals surface area contributed by atoms with Gasteiger partial charge in [0.25, 0.3) is 6.43 Å². The minimum atomic E-state index is -2.56. The smallest absolute Gasteiger partial charge is 0.265 e. The van der Waals surface area contributed by atoms with Crippen LogP contribution in [0.3, 0.4) is 0 Å². The molecule has 0 saturated carbocycles. The molecule has 1 heterocycles. The number of ether oxygens (including phenoxy) is 2. The number of rotatable bonds is 3. The maximum absolute atomic E-state index is 13.1. The number of nitrogens with two attached hydrogens (primary N) is 1. The first-order chi connectivity index (χ1) is 10.1. The molecule has 0 aromatic heterocycles. The van der Waals surface area contributed by atoms with Crippen molar-refractivity contribution in [3.05, 3.63) is 42.0 Å². The number of benzene rings is 2. The summed E-state index contributed by atoms with van der Waals surface area (Å²) in [5.41, 5.74) is 5.84. The monoisotopic (exact) mass is 309 g/mol. The van der Waals surface area contributed by atoms with Crippen molar-refractivity contribution >= 4 is 17.4 Å². The first kappa shape index (κ1) is 14.0. The van der Waals surface area contributed by atoms with Crippen molar-refractivity contribution in [3.63, 3.8) is 0 Å². The molecule has 2 aromatic carbocycles. The Morgan fingerprint density at radius 2 is 1.76 bits per heavy atom. The molecular weight excluding hydrogens is 296 g/mol. The number of nitrogen functional groups attached to an aromatic ring is 1. The van der Waals surface area contributed by atoms with Gasteiger partial charge in [-0.25, -0.2) is 8.78 Å². The molecule has 0 fully saturated rings. The van der Waals surface area contributed by atoms with Gasteiger partial charge >= 0.3 is 0 Å². The second kappa shape index (κ2) is 5.81. The fourth-order valence-corrected chi connectivity index (χ4v) is 3.00. The van der Waals surface area contributed by atoms with Crippen molar-refractivity contribution in [3.8, 4) is 11.5 Å². The predicted octanol–water partition coefficient (Wildman–Crippen LogP) is 4.13. The van der Waals surface area contributed by atoms with Gasteiger partial charge < -0.3 is 15.2 Å². The van der Waals surface area contributed by atoms with E-state index in [1.54, 1.807) is 24.3 Å². The number of halogens is 2. The summed E-state index contributed by atoms with van der Waals surface area (Å²) < 4.78 is 37.1. The largest absolute Gasteiger partial charge is 0.486 e. The van der Waals surface area contributed by atoms with E-state index in [1.807, 2.05) is 6.07 Å². The Balaban J connectivity index is 1.90. The highest BCUT2D eigenvalue weighted by Crippen LogP contribution is 2.40. The van der Waals surface area contributed by atoms with Gasteiger partial charge in [-0.15, -0.1) is 0 Å². The van der Waals surface area contributed by atoms with Crippen LogP contribution in [-0.2, 0) is 0 Å². The van der Waals surface area contributed by atoms with Crippen LogP contribution in [0.2, 0.25) is 0 Å². The first-order valence-corrected chi connectivity index (χ1v) is 7.20. The van der Waals surface area contributed by atoms with Crippen molar-refractivity contribution in [2.75, 3.05) is 18.9 Å². The average Bonchev–Trinajstić information content (AvgIpc) is 2.49. The first-order valence-electron chi connectivity index (χ1n) is 6.38. The summed E-state index contributed by atoms with van der Waals surface area (Å²) in [6.07, 6.45) is -2.56. The van der Waals surface area contributed by atoms with E-state index < -0.39 is 6.43 Å². The summed E-state index contributed by atoms with van der Waals surface area (Å²) in [5, 5.41) is 0. The lowest BCUT2D eigenvalue weighted by molar-refractivity contribution is 0.148. The third-order valence-electron chi connectivity index (χ3n) is 3.01. The molecule has 0 atom stereocenters. The average molecular weight is 309 g/mol. The number of hydrogen-bond acceptors (Lipinski definition) is 4. The van der Waals surface area contributed by atoms with Gasteiger partial charge in [0.05, 0.1) is 0 Å². The van der Waals surface area contributed by atoms with Crippen molar-refractivity contribution in [2.24, 2.45) is 0 Å². The summed E-state index contributed by atoms with van der Waals surface area (Å²) in [4.78, 5) is 1.29. The zero-order valence-corrected chi connectivity index (χ0v) is 11.8. The molecule has 2 aromatic rings. The van der Waals surface area contributed by atoms with Crippen LogP contribution in [-0.4, -0.2) is 13.2 Å². The molecule has 2 N–H and O–H groups in total. The van der Waals surface area contributed by atoms with Crippen LogP contribution in [0.15, 0.2) is 46.2 Å². The lowest BCUT2D eigenvalue weighted by Crippen LogP contribution is -2.15. The van der Waals surface area contributed by atoms with Crippen LogP contribution >= 0.6 is 11.8 Å². The van der Waals surface area contributed by atoms with Crippen molar-refractivity contribution < 1.29 is 18.3 Å². The van der Waals surface area contributed by atoms with Crippen LogP contribution in [0, 0.1) is 0 Å². The molecule has 3 rings (SSSR count). The molecule has 21 heavy (non-hydrogen) atoms. The van der Waals surface area contributed by atoms with Crippen LogP contribution < -0.4 is 15.2 Å². The SMILES string of the molecule is Nc1ccc(Sc2ccc3c(c2)OCCO3)c(C(F)F)c1. The molecule has 0 bridgehead atoms. The van der Waals surface area contributed by atoms with E-state index in [0.717, 1.165) is 4.90 Å². The summed E-state index contributed by atoms with van der Waals surface area (Å²) >= 11 is 1.25. The molecule has 3 nitrogen and oxygen atoms in total.